The lowest BCUT2D eigenvalue weighted by Gasteiger charge is -2.11. The molecule has 0 spiro atoms. The first kappa shape index (κ1) is 12.3. The first-order chi connectivity index (χ1) is 8.01. The zero-order chi connectivity index (χ0) is 12.5. The van der Waals surface area contributed by atoms with Crippen LogP contribution in [0.15, 0.2) is 46.7 Å². The minimum atomic E-state index is -3.27. The van der Waals surface area contributed by atoms with E-state index in [1.165, 1.54) is 11.3 Å². The smallest absolute Gasteiger partial charge is 0.185 e. The first-order valence-electron chi connectivity index (χ1n) is 5.36. The number of benzene rings is 1. The molecule has 0 fully saturated rings. The molecular formula is C13H14O2S2. The van der Waals surface area contributed by atoms with Crippen molar-refractivity contribution in [2.75, 3.05) is 0 Å². The molecule has 0 aliphatic carbocycles. The Balaban J connectivity index is 2.40. The molecule has 0 saturated heterocycles. The van der Waals surface area contributed by atoms with Crippen molar-refractivity contribution in [2.45, 2.75) is 24.0 Å². The van der Waals surface area contributed by atoms with E-state index >= 15 is 0 Å². The maximum atomic E-state index is 12.3. The van der Waals surface area contributed by atoms with Gasteiger partial charge in [0.1, 0.15) is 0 Å². The molecule has 0 saturated carbocycles. The van der Waals surface area contributed by atoms with Crippen molar-refractivity contribution in [1.82, 2.24) is 0 Å². The third-order valence-electron chi connectivity index (χ3n) is 2.76. The molecule has 2 nitrogen and oxygen atoms in total. The van der Waals surface area contributed by atoms with Crippen LogP contribution in [0.3, 0.4) is 0 Å². The zero-order valence-corrected chi connectivity index (χ0v) is 11.4. The van der Waals surface area contributed by atoms with Gasteiger partial charge in [0.2, 0.25) is 0 Å². The summed E-state index contributed by atoms with van der Waals surface area (Å²) in [6.07, 6.45) is 0. The molecule has 0 aliphatic heterocycles. The molecule has 1 aromatic heterocycles. The number of thiophene rings is 1. The van der Waals surface area contributed by atoms with Crippen molar-refractivity contribution in [2.24, 2.45) is 0 Å². The monoisotopic (exact) mass is 266 g/mol. The molecule has 0 unspecified atom stereocenters. The second-order valence-corrected chi connectivity index (χ2v) is 7.26. The van der Waals surface area contributed by atoms with Gasteiger partial charge in [-0.2, -0.15) is 0 Å². The van der Waals surface area contributed by atoms with Crippen LogP contribution in [0, 0.1) is 6.92 Å². The van der Waals surface area contributed by atoms with E-state index in [0.29, 0.717) is 4.90 Å². The van der Waals surface area contributed by atoms with E-state index in [-0.39, 0.29) is 0 Å². The molecule has 0 N–H and O–H groups in total. The minimum absolute atomic E-state index is 0.393. The first-order valence-corrected chi connectivity index (χ1v) is 7.78. The second kappa shape index (κ2) is 4.63. The number of rotatable bonds is 3. The molecule has 90 valence electrons. The normalized spacial score (nSPS) is 13.5. The van der Waals surface area contributed by atoms with Crippen molar-refractivity contribution >= 4 is 21.2 Å². The standard InChI is InChI=1S/C13H14O2S2/c1-10-5-7-12(8-6-10)17(14,15)11(2)13-4-3-9-16-13/h3-9,11H,1-2H3/t11-/m1/s1. The van der Waals surface area contributed by atoms with Gasteiger partial charge in [-0.3, -0.25) is 0 Å². The average Bonchev–Trinajstić information content (AvgIpc) is 2.82. The van der Waals surface area contributed by atoms with Crippen LogP contribution in [-0.2, 0) is 9.84 Å². The van der Waals surface area contributed by atoms with Crippen molar-refractivity contribution in [3.8, 4) is 0 Å². The van der Waals surface area contributed by atoms with Gasteiger partial charge in [0.25, 0.3) is 0 Å². The van der Waals surface area contributed by atoms with Gasteiger partial charge in [0.15, 0.2) is 9.84 Å². The van der Waals surface area contributed by atoms with Crippen LogP contribution in [0.5, 0.6) is 0 Å². The Labute approximate surface area is 106 Å². The average molecular weight is 266 g/mol. The molecule has 17 heavy (non-hydrogen) atoms. The van der Waals surface area contributed by atoms with Crippen LogP contribution in [0.25, 0.3) is 0 Å². The summed E-state index contributed by atoms with van der Waals surface area (Å²) in [5.74, 6) is 0. The van der Waals surface area contributed by atoms with Gasteiger partial charge in [-0.05, 0) is 37.4 Å². The molecule has 0 aliphatic rings. The highest BCUT2D eigenvalue weighted by Gasteiger charge is 2.25. The maximum absolute atomic E-state index is 12.3. The second-order valence-electron chi connectivity index (χ2n) is 4.02. The maximum Gasteiger partial charge on any atom is 0.185 e. The lowest BCUT2D eigenvalue weighted by molar-refractivity contribution is 0.587. The summed E-state index contributed by atoms with van der Waals surface area (Å²) >= 11 is 1.48. The SMILES string of the molecule is Cc1ccc(S(=O)(=O)[C@H](C)c2cccs2)cc1. The van der Waals surface area contributed by atoms with Gasteiger partial charge in [0, 0.05) is 4.88 Å². The quantitative estimate of drug-likeness (QED) is 0.850. The van der Waals surface area contributed by atoms with Crippen molar-refractivity contribution in [3.05, 3.63) is 52.2 Å². The molecule has 4 heteroatoms. The summed E-state index contributed by atoms with van der Waals surface area (Å²) in [6, 6.07) is 10.7. The van der Waals surface area contributed by atoms with Crippen LogP contribution in [0.4, 0.5) is 0 Å². The summed E-state index contributed by atoms with van der Waals surface area (Å²) in [5.41, 5.74) is 1.06. The topological polar surface area (TPSA) is 34.1 Å². The Morgan fingerprint density at radius 2 is 1.76 bits per heavy atom. The zero-order valence-electron chi connectivity index (χ0n) is 9.75. The Morgan fingerprint density at radius 3 is 2.29 bits per heavy atom. The Bertz CT molecular complexity index is 581. The van der Waals surface area contributed by atoms with Crippen LogP contribution < -0.4 is 0 Å². The van der Waals surface area contributed by atoms with E-state index in [1.807, 2.05) is 36.6 Å². The minimum Gasteiger partial charge on any atom is -0.223 e. The van der Waals surface area contributed by atoms with Gasteiger partial charge in [-0.25, -0.2) is 8.42 Å². The fourth-order valence-corrected chi connectivity index (χ4v) is 4.13. The molecule has 0 amide bonds. The van der Waals surface area contributed by atoms with Crippen LogP contribution in [-0.4, -0.2) is 8.42 Å². The van der Waals surface area contributed by atoms with Gasteiger partial charge >= 0.3 is 0 Å². The van der Waals surface area contributed by atoms with Crippen molar-refractivity contribution < 1.29 is 8.42 Å². The molecular weight excluding hydrogens is 252 g/mol. The number of sulfone groups is 1. The third-order valence-corrected chi connectivity index (χ3v) is 6.08. The summed E-state index contributed by atoms with van der Waals surface area (Å²) in [4.78, 5) is 1.27. The van der Waals surface area contributed by atoms with E-state index in [0.717, 1.165) is 10.4 Å². The van der Waals surface area contributed by atoms with Crippen molar-refractivity contribution in [1.29, 1.82) is 0 Å². The highest BCUT2D eigenvalue weighted by atomic mass is 32.2. The van der Waals surface area contributed by atoms with E-state index in [9.17, 15) is 8.42 Å². The van der Waals surface area contributed by atoms with E-state index < -0.39 is 15.1 Å². The van der Waals surface area contributed by atoms with E-state index in [2.05, 4.69) is 0 Å². The van der Waals surface area contributed by atoms with Crippen molar-refractivity contribution in [3.63, 3.8) is 0 Å². The Kier molecular flexibility index (Phi) is 3.35. The predicted octanol–water partition coefficient (Wildman–Crippen LogP) is 3.59. The number of hydrogen-bond acceptors (Lipinski definition) is 3. The predicted molar refractivity (Wildman–Crippen MR) is 71.1 cm³/mol. The molecule has 1 atom stereocenters. The van der Waals surface area contributed by atoms with Gasteiger partial charge in [0.05, 0.1) is 10.1 Å². The Hall–Kier alpha value is -1.13. The number of hydrogen-bond donors (Lipinski definition) is 0. The van der Waals surface area contributed by atoms with Crippen LogP contribution >= 0.6 is 11.3 Å². The van der Waals surface area contributed by atoms with Gasteiger partial charge in [-0.15, -0.1) is 11.3 Å². The summed E-state index contributed by atoms with van der Waals surface area (Å²) in [7, 11) is -3.27. The fourth-order valence-electron chi connectivity index (χ4n) is 1.61. The molecule has 2 aromatic rings. The lowest BCUT2D eigenvalue weighted by atomic mass is 10.2. The molecule has 1 heterocycles. The molecule has 1 aromatic carbocycles. The summed E-state index contributed by atoms with van der Waals surface area (Å²) in [6.45, 7) is 3.68. The molecule has 2 rings (SSSR count). The largest absolute Gasteiger partial charge is 0.223 e. The Morgan fingerprint density at radius 1 is 1.12 bits per heavy atom. The molecule has 0 bridgehead atoms. The van der Waals surface area contributed by atoms with Gasteiger partial charge in [-0.1, -0.05) is 23.8 Å². The highest BCUT2D eigenvalue weighted by molar-refractivity contribution is 7.91. The van der Waals surface area contributed by atoms with Crippen LogP contribution in [0.1, 0.15) is 22.6 Å². The molecule has 0 radical (unpaired) electrons. The highest BCUT2D eigenvalue weighted by Crippen LogP contribution is 2.31. The summed E-state index contributed by atoms with van der Waals surface area (Å²) < 4.78 is 24.7. The van der Waals surface area contributed by atoms with Crippen LogP contribution in [0.2, 0.25) is 0 Å². The van der Waals surface area contributed by atoms with E-state index in [4.69, 9.17) is 0 Å². The lowest BCUT2D eigenvalue weighted by Crippen LogP contribution is -2.09. The summed E-state index contributed by atoms with van der Waals surface area (Å²) in [5, 5.41) is 1.42. The number of aryl methyl sites for hydroxylation is 1. The van der Waals surface area contributed by atoms with Gasteiger partial charge < -0.3 is 0 Å². The third kappa shape index (κ3) is 2.42. The van der Waals surface area contributed by atoms with E-state index in [1.54, 1.807) is 19.1 Å². The fraction of sp³-hybridized carbons (Fsp3) is 0.231.